The van der Waals surface area contributed by atoms with Gasteiger partial charge in [-0.15, -0.1) is 0 Å². The molecule has 106 valence electrons. The topological polar surface area (TPSA) is 47.7 Å². The lowest BCUT2D eigenvalue weighted by Gasteiger charge is -2.42. The summed E-state index contributed by atoms with van der Waals surface area (Å²) in [5.41, 5.74) is 6.59. The summed E-state index contributed by atoms with van der Waals surface area (Å²) in [5.74, 6) is 0.848. The summed E-state index contributed by atoms with van der Waals surface area (Å²) in [4.78, 5) is 2.47. The Bertz CT molecular complexity index is 407. The fourth-order valence-corrected chi connectivity index (χ4v) is 2.35. The summed E-state index contributed by atoms with van der Waals surface area (Å²) >= 11 is 0. The SMILES string of the molecule is CC1(C)COCCN1CCCOc1cccc(N)c1. The number of nitrogens with two attached hydrogens (primary N) is 1. The van der Waals surface area contributed by atoms with Gasteiger partial charge >= 0.3 is 0 Å². The number of hydrogen-bond acceptors (Lipinski definition) is 4. The highest BCUT2D eigenvalue weighted by atomic mass is 16.5. The number of nitrogen functional groups attached to an aromatic ring is 1. The maximum atomic E-state index is 5.71. The number of hydrogen-bond donors (Lipinski definition) is 1. The first-order chi connectivity index (χ1) is 9.08. The van der Waals surface area contributed by atoms with E-state index >= 15 is 0 Å². The zero-order valence-electron chi connectivity index (χ0n) is 11.9. The molecule has 0 amide bonds. The molecule has 0 unspecified atom stereocenters. The van der Waals surface area contributed by atoms with Gasteiger partial charge in [-0.05, 0) is 32.4 Å². The Morgan fingerprint density at radius 1 is 1.42 bits per heavy atom. The van der Waals surface area contributed by atoms with Gasteiger partial charge in [0.1, 0.15) is 5.75 Å². The maximum absolute atomic E-state index is 5.71. The zero-order chi connectivity index (χ0) is 13.7. The molecule has 0 aromatic heterocycles. The molecule has 1 fully saturated rings. The van der Waals surface area contributed by atoms with E-state index in [0.717, 1.165) is 50.8 Å². The van der Waals surface area contributed by atoms with Crippen molar-refractivity contribution in [2.24, 2.45) is 0 Å². The van der Waals surface area contributed by atoms with Gasteiger partial charge in [-0.3, -0.25) is 4.90 Å². The van der Waals surface area contributed by atoms with Crippen molar-refractivity contribution in [2.75, 3.05) is 38.6 Å². The Kier molecular flexibility index (Phi) is 4.66. The lowest BCUT2D eigenvalue weighted by molar-refractivity contribution is -0.0521. The molecule has 2 N–H and O–H groups in total. The highest BCUT2D eigenvalue weighted by molar-refractivity contribution is 5.43. The summed E-state index contributed by atoms with van der Waals surface area (Å²) in [7, 11) is 0. The van der Waals surface area contributed by atoms with Crippen LogP contribution in [-0.2, 0) is 4.74 Å². The van der Waals surface area contributed by atoms with Crippen molar-refractivity contribution in [1.82, 2.24) is 4.90 Å². The number of nitrogens with zero attached hydrogens (tertiary/aromatic N) is 1. The standard InChI is InChI=1S/C15H24N2O2/c1-15(2)12-18-10-8-17(15)7-4-9-19-14-6-3-5-13(16)11-14/h3,5-6,11H,4,7-10,12,16H2,1-2H3. The van der Waals surface area contributed by atoms with Gasteiger partial charge in [0.25, 0.3) is 0 Å². The number of ether oxygens (including phenoxy) is 2. The predicted octanol–water partition coefficient (Wildman–Crippen LogP) is 2.15. The molecule has 1 aromatic carbocycles. The smallest absolute Gasteiger partial charge is 0.121 e. The van der Waals surface area contributed by atoms with E-state index in [4.69, 9.17) is 15.2 Å². The van der Waals surface area contributed by atoms with Crippen LogP contribution >= 0.6 is 0 Å². The van der Waals surface area contributed by atoms with Gasteiger partial charge in [-0.1, -0.05) is 6.07 Å². The third kappa shape index (κ3) is 4.11. The summed E-state index contributed by atoms with van der Waals surface area (Å²) in [6, 6.07) is 7.58. The van der Waals surface area contributed by atoms with Gasteiger partial charge in [-0.25, -0.2) is 0 Å². The molecule has 0 atom stereocenters. The molecule has 4 nitrogen and oxygen atoms in total. The lowest BCUT2D eigenvalue weighted by atomic mass is 10.0. The van der Waals surface area contributed by atoms with Crippen molar-refractivity contribution in [3.05, 3.63) is 24.3 Å². The predicted molar refractivity (Wildman–Crippen MR) is 77.4 cm³/mol. The molecule has 0 saturated carbocycles. The number of anilines is 1. The molecule has 0 radical (unpaired) electrons. The Labute approximate surface area is 115 Å². The second kappa shape index (κ2) is 6.26. The molecule has 1 aromatic rings. The van der Waals surface area contributed by atoms with E-state index in [0.29, 0.717) is 0 Å². The van der Waals surface area contributed by atoms with Crippen LogP contribution in [0.4, 0.5) is 5.69 Å². The van der Waals surface area contributed by atoms with Crippen LogP contribution in [0.3, 0.4) is 0 Å². The third-order valence-corrected chi connectivity index (χ3v) is 3.52. The van der Waals surface area contributed by atoms with Crippen molar-refractivity contribution in [3.63, 3.8) is 0 Å². The largest absolute Gasteiger partial charge is 0.493 e. The van der Waals surface area contributed by atoms with E-state index in [2.05, 4.69) is 18.7 Å². The molecule has 1 aliphatic rings. The Balaban J connectivity index is 1.72. The molecule has 1 heterocycles. The van der Waals surface area contributed by atoms with Crippen LogP contribution in [0.2, 0.25) is 0 Å². The third-order valence-electron chi connectivity index (χ3n) is 3.52. The quantitative estimate of drug-likeness (QED) is 0.654. The van der Waals surface area contributed by atoms with Crippen molar-refractivity contribution < 1.29 is 9.47 Å². The van der Waals surface area contributed by atoms with Gasteiger partial charge in [-0.2, -0.15) is 0 Å². The minimum absolute atomic E-state index is 0.134. The van der Waals surface area contributed by atoms with Crippen LogP contribution in [0.25, 0.3) is 0 Å². The van der Waals surface area contributed by atoms with Gasteiger partial charge in [0, 0.05) is 30.4 Å². The van der Waals surface area contributed by atoms with E-state index in [1.165, 1.54) is 0 Å². The van der Waals surface area contributed by atoms with Crippen LogP contribution in [0.1, 0.15) is 20.3 Å². The number of benzene rings is 1. The fourth-order valence-electron chi connectivity index (χ4n) is 2.35. The van der Waals surface area contributed by atoms with Gasteiger partial charge in [0.2, 0.25) is 0 Å². The monoisotopic (exact) mass is 264 g/mol. The maximum Gasteiger partial charge on any atom is 0.121 e. The van der Waals surface area contributed by atoms with Crippen molar-refractivity contribution >= 4 is 5.69 Å². The second-order valence-corrected chi connectivity index (χ2v) is 5.63. The molecule has 2 rings (SSSR count). The molecule has 0 aliphatic carbocycles. The van der Waals surface area contributed by atoms with E-state index in [1.807, 2.05) is 24.3 Å². The van der Waals surface area contributed by atoms with Crippen LogP contribution in [0, 0.1) is 0 Å². The first-order valence-corrected chi connectivity index (χ1v) is 6.89. The molecular weight excluding hydrogens is 240 g/mol. The number of rotatable bonds is 5. The first kappa shape index (κ1) is 14.2. The molecule has 1 aliphatic heterocycles. The highest BCUT2D eigenvalue weighted by Gasteiger charge is 2.29. The van der Waals surface area contributed by atoms with Crippen molar-refractivity contribution in [2.45, 2.75) is 25.8 Å². The van der Waals surface area contributed by atoms with Crippen LogP contribution in [0.15, 0.2) is 24.3 Å². The lowest BCUT2D eigenvalue weighted by Crippen LogP contribution is -2.53. The highest BCUT2D eigenvalue weighted by Crippen LogP contribution is 2.19. The van der Waals surface area contributed by atoms with Crippen LogP contribution in [-0.4, -0.2) is 43.3 Å². The normalized spacial score (nSPS) is 19.3. The summed E-state index contributed by atoms with van der Waals surface area (Å²) in [6.45, 7) is 8.86. The van der Waals surface area contributed by atoms with Gasteiger partial charge < -0.3 is 15.2 Å². The average molecular weight is 264 g/mol. The average Bonchev–Trinajstić information content (AvgIpc) is 2.36. The number of morpholine rings is 1. The van der Waals surface area contributed by atoms with Crippen LogP contribution in [0.5, 0.6) is 5.75 Å². The second-order valence-electron chi connectivity index (χ2n) is 5.63. The Morgan fingerprint density at radius 2 is 2.26 bits per heavy atom. The van der Waals surface area contributed by atoms with Crippen molar-refractivity contribution in [3.8, 4) is 5.75 Å². The van der Waals surface area contributed by atoms with Crippen LogP contribution < -0.4 is 10.5 Å². The summed E-state index contributed by atoms with van der Waals surface area (Å²) < 4.78 is 11.2. The Morgan fingerprint density at radius 3 is 3.00 bits per heavy atom. The molecule has 0 spiro atoms. The summed E-state index contributed by atoms with van der Waals surface area (Å²) in [6.07, 6.45) is 1.01. The molecule has 19 heavy (non-hydrogen) atoms. The molecule has 1 saturated heterocycles. The molecule has 4 heteroatoms. The van der Waals surface area contributed by atoms with Gasteiger partial charge in [0.15, 0.2) is 0 Å². The van der Waals surface area contributed by atoms with Crippen molar-refractivity contribution in [1.29, 1.82) is 0 Å². The van der Waals surface area contributed by atoms with E-state index < -0.39 is 0 Å². The summed E-state index contributed by atoms with van der Waals surface area (Å²) in [5, 5.41) is 0. The molecule has 0 bridgehead atoms. The first-order valence-electron chi connectivity index (χ1n) is 6.89. The van der Waals surface area contributed by atoms with E-state index in [9.17, 15) is 0 Å². The van der Waals surface area contributed by atoms with E-state index in [-0.39, 0.29) is 5.54 Å². The fraction of sp³-hybridized carbons (Fsp3) is 0.600. The minimum atomic E-state index is 0.134. The van der Waals surface area contributed by atoms with Gasteiger partial charge in [0.05, 0.1) is 19.8 Å². The minimum Gasteiger partial charge on any atom is -0.493 e. The zero-order valence-corrected chi connectivity index (χ0v) is 11.9. The Hall–Kier alpha value is -1.26. The van der Waals surface area contributed by atoms with E-state index in [1.54, 1.807) is 0 Å². The molecular formula is C15H24N2O2.